The normalized spacial score (nSPS) is 15.2. The molecule has 5 heteroatoms. The van der Waals surface area contributed by atoms with Crippen molar-refractivity contribution in [2.24, 2.45) is 5.92 Å². The first kappa shape index (κ1) is 16.1. The Morgan fingerprint density at radius 2 is 1.54 bits per heavy atom. The molecule has 3 rings (SSSR count). The number of hydrogen-bond donors (Lipinski definition) is 2. The molecule has 0 unspecified atom stereocenters. The van der Waals surface area contributed by atoms with Crippen LogP contribution >= 0.6 is 0 Å². The van der Waals surface area contributed by atoms with Crippen molar-refractivity contribution in [3.63, 3.8) is 0 Å². The van der Waals surface area contributed by atoms with Crippen LogP contribution in [0.1, 0.15) is 33.6 Å². The quantitative estimate of drug-likeness (QED) is 0.851. The largest absolute Gasteiger partial charge is 0.508 e. The molecule has 1 heterocycles. The predicted octanol–water partition coefficient (Wildman–Crippen LogP) is 2.83. The summed E-state index contributed by atoms with van der Waals surface area (Å²) in [7, 11) is 0. The summed E-state index contributed by atoms with van der Waals surface area (Å²) in [5.74, 6) is 0.0278. The molecule has 0 atom stereocenters. The van der Waals surface area contributed by atoms with Gasteiger partial charge in [-0.25, -0.2) is 0 Å². The first-order chi connectivity index (χ1) is 11.5. The molecule has 1 fully saturated rings. The molecule has 5 nitrogen and oxygen atoms in total. The van der Waals surface area contributed by atoms with Gasteiger partial charge in [0.1, 0.15) is 11.5 Å². The summed E-state index contributed by atoms with van der Waals surface area (Å²) in [6, 6.07) is 12.6. The lowest BCUT2D eigenvalue weighted by molar-refractivity contribution is 0.0650. The van der Waals surface area contributed by atoms with Gasteiger partial charge in [0.05, 0.1) is 0 Å². The van der Waals surface area contributed by atoms with Crippen LogP contribution in [0.4, 0.5) is 0 Å². The Morgan fingerprint density at radius 3 is 2.17 bits per heavy atom. The van der Waals surface area contributed by atoms with Crippen molar-refractivity contribution in [2.45, 2.75) is 12.8 Å². The maximum Gasteiger partial charge on any atom is 0.253 e. The molecule has 2 N–H and O–H groups in total. The minimum absolute atomic E-state index is 0.0551. The summed E-state index contributed by atoms with van der Waals surface area (Å²) in [5.41, 5.74) is 1.05. The fourth-order valence-electron chi connectivity index (χ4n) is 3.03. The van der Waals surface area contributed by atoms with E-state index in [1.165, 1.54) is 24.3 Å². The van der Waals surface area contributed by atoms with Gasteiger partial charge in [-0.3, -0.25) is 9.59 Å². The lowest BCUT2D eigenvalue weighted by Crippen LogP contribution is -2.40. The highest BCUT2D eigenvalue weighted by molar-refractivity contribution is 5.98. The summed E-state index contributed by atoms with van der Waals surface area (Å²) >= 11 is 0. The highest BCUT2D eigenvalue weighted by Gasteiger charge is 2.28. The van der Waals surface area contributed by atoms with Crippen LogP contribution in [0, 0.1) is 5.92 Å². The van der Waals surface area contributed by atoms with E-state index in [1.807, 2.05) is 0 Å². The Labute approximate surface area is 140 Å². The van der Waals surface area contributed by atoms with Gasteiger partial charge in [-0.15, -0.1) is 0 Å². The molecule has 24 heavy (non-hydrogen) atoms. The zero-order chi connectivity index (χ0) is 17.1. The second-order valence-corrected chi connectivity index (χ2v) is 6.03. The molecular formula is C19H19NO4. The third-order valence-corrected chi connectivity index (χ3v) is 4.40. The minimum Gasteiger partial charge on any atom is -0.508 e. The molecule has 0 aliphatic carbocycles. The molecule has 0 bridgehead atoms. The smallest absolute Gasteiger partial charge is 0.253 e. The van der Waals surface area contributed by atoms with Crippen LogP contribution in [0.2, 0.25) is 0 Å². The Morgan fingerprint density at radius 1 is 0.875 bits per heavy atom. The Kier molecular flexibility index (Phi) is 4.51. The van der Waals surface area contributed by atoms with Crippen LogP contribution in [-0.4, -0.2) is 39.9 Å². The van der Waals surface area contributed by atoms with Crippen molar-refractivity contribution in [2.75, 3.05) is 13.1 Å². The number of carbonyl (C=O) groups excluding carboxylic acids is 2. The van der Waals surface area contributed by atoms with Crippen LogP contribution in [0.5, 0.6) is 11.5 Å². The Hall–Kier alpha value is -2.82. The maximum atomic E-state index is 12.5. The van der Waals surface area contributed by atoms with Gasteiger partial charge in [0.2, 0.25) is 0 Å². The number of amides is 1. The second kappa shape index (κ2) is 6.74. The average molecular weight is 325 g/mol. The first-order valence-corrected chi connectivity index (χ1v) is 7.96. The molecule has 1 aliphatic rings. The second-order valence-electron chi connectivity index (χ2n) is 6.03. The van der Waals surface area contributed by atoms with Crippen molar-refractivity contribution in [3.8, 4) is 11.5 Å². The zero-order valence-electron chi connectivity index (χ0n) is 13.2. The number of rotatable bonds is 3. The number of carbonyl (C=O) groups is 2. The van der Waals surface area contributed by atoms with Crippen molar-refractivity contribution >= 4 is 11.7 Å². The summed E-state index contributed by atoms with van der Waals surface area (Å²) in [6.45, 7) is 1.03. The van der Waals surface area contributed by atoms with Crippen LogP contribution in [0.25, 0.3) is 0 Å². The molecule has 0 radical (unpaired) electrons. The molecular weight excluding hydrogens is 306 g/mol. The van der Waals surface area contributed by atoms with E-state index in [0.29, 0.717) is 37.1 Å². The molecule has 0 spiro atoms. The standard InChI is InChI=1S/C19H19NO4/c21-16-6-4-13(5-7-16)18(23)14-8-10-20(11-9-14)19(24)15-2-1-3-17(22)12-15/h1-7,12,14,21-22H,8-11H2. The topological polar surface area (TPSA) is 77.8 Å². The number of nitrogens with zero attached hydrogens (tertiary/aromatic N) is 1. The highest BCUT2D eigenvalue weighted by Crippen LogP contribution is 2.24. The van der Waals surface area contributed by atoms with Crippen molar-refractivity contribution in [3.05, 3.63) is 59.7 Å². The molecule has 1 aliphatic heterocycles. The van der Waals surface area contributed by atoms with E-state index in [4.69, 9.17) is 0 Å². The van der Waals surface area contributed by atoms with Crippen molar-refractivity contribution < 1.29 is 19.8 Å². The molecule has 2 aromatic rings. The summed E-state index contributed by atoms with van der Waals surface area (Å²) in [4.78, 5) is 26.6. The van der Waals surface area contributed by atoms with Crippen molar-refractivity contribution in [1.29, 1.82) is 0 Å². The highest BCUT2D eigenvalue weighted by atomic mass is 16.3. The number of phenolic OH excluding ortho intramolecular Hbond substituents is 2. The monoisotopic (exact) mass is 325 g/mol. The van der Waals surface area contributed by atoms with Gasteiger partial charge in [0.15, 0.2) is 5.78 Å². The number of benzene rings is 2. The van der Waals surface area contributed by atoms with Crippen LogP contribution < -0.4 is 0 Å². The average Bonchev–Trinajstić information content (AvgIpc) is 2.61. The predicted molar refractivity (Wildman–Crippen MR) is 89.2 cm³/mol. The van der Waals surface area contributed by atoms with Gasteiger partial charge in [-0.1, -0.05) is 6.07 Å². The van der Waals surface area contributed by atoms with Crippen LogP contribution in [0.15, 0.2) is 48.5 Å². The SMILES string of the molecule is O=C(c1ccc(O)cc1)C1CCN(C(=O)c2cccc(O)c2)CC1. The molecule has 0 saturated carbocycles. The Bertz CT molecular complexity index is 746. The summed E-state index contributed by atoms with van der Waals surface area (Å²) < 4.78 is 0. The van der Waals surface area contributed by atoms with Crippen LogP contribution in [0.3, 0.4) is 0 Å². The third-order valence-electron chi connectivity index (χ3n) is 4.40. The number of ketones is 1. The minimum atomic E-state index is -0.124. The molecule has 124 valence electrons. The van der Waals surface area contributed by atoms with E-state index in [2.05, 4.69) is 0 Å². The van der Waals surface area contributed by atoms with Gasteiger partial charge < -0.3 is 15.1 Å². The van der Waals surface area contributed by atoms with E-state index in [-0.39, 0.29) is 29.1 Å². The number of phenols is 2. The number of Topliss-reactive ketones (excluding diaryl/α,β-unsaturated/α-hetero) is 1. The van der Waals surface area contributed by atoms with Crippen LogP contribution in [-0.2, 0) is 0 Å². The number of piperidine rings is 1. The summed E-state index contributed by atoms with van der Waals surface area (Å²) in [5, 5.41) is 18.8. The zero-order valence-corrected chi connectivity index (χ0v) is 13.2. The van der Waals surface area contributed by atoms with Gasteiger partial charge in [-0.2, -0.15) is 0 Å². The lowest BCUT2D eigenvalue weighted by Gasteiger charge is -2.31. The number of likely N-dealkylation sites (tertiary alicyclic amines) is 1. The van der Waals surface area contributed by atoms with E-state index < -0.39 is 0 Å². The fraction of sp³-hybridized carbons (Fsp3) is 0.263. The van der Waals surface area contributed by atoms with E-state index in [0.717, 1.165) is 0 Å². The van der Waals surface area contributed by atoms with Gasteiger partial charge in [0.25, 0.3) is 5.91 Å². The summed E-state index contributed by atoms with van der Waals surface area (Å²) in [6.07, 6.45) is 1.23. The fourth-order valence-corrected chi connectivity index (χ4v) is 3.03. The van der Waals surface area contributed by atoms with E-state index in [1.54, 1.807) is 29.2 Å². The van der Waals surface area contributed by atoms with Gasteiger partial charge in [0, 0.05) is 30.1 Å². The molecule has 0 aromatic heterocycles. The van der Waals surface area contributed by atoms with E-state index in [9.17, 15) is 19.8 Å². The van der Waals surface area contributed by atoms with Gasteiger partial charge >= 0.3 is 0 Å². The Balaban J connectivity index is 1.62. The third kappa shape index (κ3) is 3.40. The maximum absolute atomic E-state index is 12.5. The van der Waals surface area contributed by atoms with Crippen molar-refractivity contribution in [1.82, 2.24) is 4.90 Å². The molecule has 2 aromatic carbocycles. The first-order valence-electron chi connectivity index (χ1n) is 7.96. The molecule has 1 saturated heterocycles. The van der Waals surface area contributed by atoms with E-state index >= 15 is 0 Å². The lowest BCUT2D eigenvalue weighted by atomic mass is 9.88. The molecule has 1 amide bonds. The van der Waals surface area contributed by atoms with Gasteiger partial charge in [-0.05, 0) is 55.3 Å². The number of hydrogen-bond acceptors (Lipinski definition) is 4. The number of aromatic hydroxyl groups is 2.